The highest BCUT2D eigenvalue weighted by atomic mass is 32.1. The minimum Gasteiger partial charge on any atom is -0.467 e. The predicted octanol–water partition coefficient (Wildman–Crippen LogP) is 3.37. The molecule has 0 bridgehead atoms. The fraction of sp³-hybridized carbons (Fsp3) is 0.250. The largest absolute Gasteiger partial charge is 0.467 e. The number of aromatic nitrogens is 1. The number of furan rings is 1. The number of carbonyl (C=O) groups excluding carboxylic acids is 1. The number of hydrogen-bond acceptors (Lipinski definition) is 5. The topological polar surface area (TPSA) is 59.5 Å². The minimum atomic E-state index is -0.139. The Morgan fingerprint density at radius 2 is 2.32 bits per heavy atom. The fourth-order valence-corrected chi connectivity index (χ4v) is 3.66. The molecule has 1 aliphatic carbocycles. The van der Waals surface area contributed by atoms with Crippen LogP contribution < -0.4 is 0 Å². The predicted molar refractivity (Wildman–Crippen MR) is 81.7 cm³/mol. The van der Waals surface area contributed by atoms with Crippen molar-refractivity contribution in [2.24, 2.45) is 0 Å². The monoisotopic (exact) mass is 314 g/mol. The lowest BCUT2D eigenvalue weighted by Gasteiger charge is -2.16. The van der Waals surface area contributed by atoms with E-state index in [-0.39, 0.29) is 5.91 Å². The smallest absolute Gasteiger partial charge is 0.276 e. The Balaban J connectivity index is 1.63. The van der Waals surface area contributed by atoms with Crippen LogP contribution in [0.1, 0.15) is 26.7 Å². The lowest BCUT2D eigenvalue weighted by Crippen LogP contribution is -2.27. The second kappa shape index (κ2) is 5.14. The molecule has 0 unspecified atom stereocenters. The van der Waals surface area contributed by atoms with Gasteiger partial charge >= 0.3 is 0 Å². The first-order chi connectivity index (χ1) is 10.7. The number of amides is 1. The second-order valence-corrected chi connectivity index (χ2v) is 6.34. The van der Waals surface area contributed by atoms with Crippen LogP contribution in [-0.4, -0.2) is 23.0 Å². The Labute approximate surface area is 131 Å². The summed E-state index contributed by atoms with van der Waals surface area (Å²) in [6, 6.07) is 5.69. The van der Waals surface area contributed by atoms with Gasteiger partial charge in [-0.1, -0.05) is 5.16 Å². The van der Waals surface area contributed by atoms with Crippen molar-refractivity contribution in [1.29, 1.82) is 0 Å². The van der Waals surface area contributed by atoms with Crippen LogP contribution in [0.5, 0.6) is 0 Å². The van der Waals surface area contributed by atoms with Crippen molar-refractivity contribution in [3.63, 3.8) is 0 Å². The number of rotatable bonds is 3. The molecule has 3 aromatic heterocycles. The summed E-state index contributed by atoms with van der Waals surface area (Å²) in [6.45, 7) is 0.414. The zero-order valence-electron chi connectivity index (χ0n) is 12.0. The van der Waals surface area contributed by atoms with E-state index in [4.69, 9.17) is 8.94 Å². The second-order valence-electron chi connectivity index (χ2n) is 5.34. The molecular weight excluding hydrogens is 300 g/mol. The molecule has 5 nitrogen and oxygen atoms in total. The normalized spacial score (nSPS) is 12.8. The third-order valence-corrected chi connectivity index (χ3v) is 4.88. The molecule has 6 heteroatoms. The van der Waals surface area contributed by atoms with Gasteiger partial charge in [-0.25, -0.2) is 0 Å². The van der Waals surface area contributed by atoms with Crippen molar-refractivity contribution >= 4 is 17.2 Å². The van der Waals surface area contributed by atoms with Crippen LogP contribution in [0, 0.1) is 0 Å². The molecule has 0 fully saturated rings. The van der Waals surface area contributed by atoms with Gasteiger partial charge in [0.1, 0.15) is 5.76 Å². The van der Waals surface area contributed by atoms with E-state index in [2.05, 4.69) is 5.16 Å². The van der Waals surface area contributed by atoms with Crippen LogP contribution in [0.25, 0.3) is 11.3 Å². The van der Waals surface area contributed by atoms with E-state index >= 15 is 0 Å². The highest BCUT2D eigenvalue weighted by Gasteiger charge is 2.29. The van der Waals surface area contributed by atoms with Gasteiger partial charge < -0.3 is 13.8 Å². The van der Waals surface area contributed by atoms with E-state index in [1.165, 1.54) is 4.88 Å². The SMILES string of the molecule is CN(Cc1ccco1)C(=O)c1noc2c1CCc1sccc1-2. The van der Waals surface area contributed by atoms with Gasteiger partial charge in [-0.3, -0.25) is 4.79 Å². The van der Waals surface area contributed by atoms with Crippen molar-refractivity contribution in [3.8, 4) is 11.3 Å². The molecular formula is C16H14N2O3S. The summed E-state index contributed by atoms with van der Waals surface area (Å²) in [5.41, 5.74) is 2.41. The van der Waals surface area contributed by atoms with E-state index in [0.717, 1.165) is 35.5 Å². The van der Waals surface area contributed by atoms with Crippen LogP contribution in [0.3, 0.4) is 0 Å². The molecule has 0 aromatic carbocycles. The van der Waals surface area contributed by atoms with Crippen molar-refractivity contribution in [3.05, 3.63) is 51.7 Å². The highest BCUT2D eigenvalue weighted by Crippen LogP contribution is 2.38. The van der Waals surface area contributed by atoms with E-state index in [9.17, 15) is 4.79 Å². The van der Waals surface area contributed by atoms with Crippen LogP contribution >= 0.6 is 11.3 Å². The van der Waals surface area contributed by atoms with E-state index < -0.39 is 0 Å². The molecule has 0 atom stereocenters. The molecule has 0 saturated carbocycles. The van der Waals surface area contributed by atoms with Crippen molar-refractivity contribution < 1.29 is 13.7 Å². The van der Waals surface area contributed by atoms with Crippen molar-refractivity contribution in [2.75, 3.05) is 7.05 Å². The maximum atomic E-state index is 12.6. The molecule has 22 heavy (non-hydrogen) atoms. The Hall–Kier alpha value is -2.34. The molecule has 3 heterocycles. The number of carbonyl (C=O) groups is 1. The first-order valence-electron chi connectivity index (χ1n) is 7.07. The highest BCUT2D eigenvalue weighted by molar-refractivity contribution is 7.10. The lowest BCUT2D eigenvalue weighted by atomic mass is 9.95. The van der Waals surface area contributed by atoms with Crippen molar-refractivity contribution in [1.82, 2.24) is 10.1 Å². The summed E-state index contributed by atoms with van der Waals surface area (Å²) in [6.07, 6.45) is 3.33. The van der Waals surface area contributed by atoms with Gasteiger partial charge in [-0.15, -0.1) is 11.3 Å². The van der Waals surface area contributed by atoms with Crippen molar-refractivity contribution in [2.45, 2.75) is 19.4 Å². The van der Waals surface area contributed by atoms with Gasteiger partial charge in [0.15, 0.2) is 11.5 Å². The summed E-state index contributed by atoms with van der Waals surface area (Å²) in [5.74, 6) is 1.35. The first kappa shape index (κ1) is 13.3. The van der Waals surface area contributed by atoms with Gasteiger partial charge in [-0.2, -0.15) is 0 Å². The third kappa shape index (κ3) is 2.07. The minimum absolute atomic E-state index is 0.139. The summed E-state index contributed by atoms with van der Waals surface area (Å²) in [7, 11) is 1.74. The number of hydrogen-bond donors (Lipinski definition) is 0. The van der Waals surface area contributed by atoms with Crippen LogP contribution in [0.15, 0.2) is 38.8 Å². The maximum absolute atomic E-state index is 12.6. The molecule has 1 aliphatic rings. The lowest BCUT2D eigenvalue weighted by molar-refractivity contribution is 0.0764. The molecule has 0 radical (unpaired) electrons. The standard InChI is InChI=1S/C16H14N2O3S/c1-18(9-10-3-2-7-20-10)16(19)14-12-4-5-13-11(6-8-22-13)15(12)21-17-14/h2-3,6-8H,4-5,9H2,1H3. The number of thiophene rings is 1. The van der Waals surface area contributed by atoms with Gasteiger partial charge in [-0.05, 0) is 36.4 Å². The Kier molecular flexibility index (Phi) is 3.11. The molecule has 0 aliphatic heterocycles. The van der Waals surface area contributed by atoms with Gasteiger partial charge in [0.05, 0.1) is 12.8 Å². The zero-order chi connectivity index (χ0) is 15.1. The number of aryl methyl sites for hydroxylation is 1. The van der Waals surface area contributed by atoms with Crippen LogP contribution in [-0.2, 0) is 19.4 Å². The molecule has 4 rings (SSSR count). The van der Waals surface area contributed by atoms with Crippen LogP contribution in [0.2, 0.25) is 0 Å². The number of fused-ring (bicyclic) bond motifs is 3. The van der Waals surface area contributed by atoms with Crippen LogP contribution in [0.4, 0.5) is 0 Å². The third-order valence-electron chi connectivity index (χ3n) is 3.90. The van der Waals surface area contributed by atoms with E-state index in [0.29, 0.717) is 12.2 Å². The van der Waals surface area contributed by atoms with E-state index in [1.54, 1.807) is 29.5 Å². The summed E-state index contributed by atoms with van der Waals surface area (Å²) in [4.78, 5) is 15.5. The van der Waals surface area contributed by atoms with E-state index in [1.807, 2.05) is 23.6 Å². The molecule has 0 N–H and O–H groups in total. The summed E-state index contributed by atoms with van der Waals surface area (Å²) < 4.78 is 10.7. The average Bonchev–Trinajstić information content (AvgIpc) is 3.25. The molecule has 3 aromatic rings. The zero-order valence-corrected chi connectivity index (χ0v) is 12.9. The molecule has 112 valence electrons. The summed E-state index contributed by atoms with van der Waals surface area (Å²) >= 11 is 1.72. The Morgan fingerprint density at radius 3 is 3.14 bits per heavy atom. The first-order valence-corrected chi connectivity index (χ1v) is 7.95. The summed E-state index contributed by atoms with van der Waals surface area (Å²) in [5, 5.41) is 6.08. The Bertz CT molecular complexity index is 816. The average molecular weight is 314 g/mol. The number of nitrogens with zero attached hydrogens (tertiary/aromatic N) is 2. The van der Waals surface area contributed by atoms with Gasteiger partial charge in [0, 0.05) is 23.1 Å². The molecule has 0 spiro atoms. The molecule has 0 saturated heterocycles. The Morgan fingerprint density at radius 1 is 1.41 bits per heavy atom. The maximum Gasteiger partial charge on any atom is 0.276 e. The fourth-order valence-electron chi connectivity index (χ4n) is 2.78. The quantitative estimate of drug-likeness (QED) is 0.743. The van der Waals surface area contributed by atoms with Gasteiger partial charge in [0.25, 0.3) is 5.91 Å². The molecule has 1 amide bonds. The van der Waals surface area contributed by atoms with Gasteiger partial charge in [0.2, 0.25) is 0 Å².